The van der Waals surface area contributed by atoms with Crippen molar-refractivity contribution in [2.45, 2.75) is 26.8 Å². The molecule has 3 aromatic heterocycles. The van der Waals surface area contributed by atoms with Crippen molar-refractivity contribution in [2.24, 2.45) is 0 Å². The molecule has 0 bridgehead atoms. The van der Waals surface area contributed by atoms with Crippen LogP contribution in [0.2, 0.25) is 0 Å². The SMILES string of the molecule is Cc1ccc(C(=O)COC(=O)c2cnc3c(cnn3C(C)C)c2)s1. The first-order valence-electron chi connectivity index (χ1n) is 7.55. The Morgan fingerprint density at radius 1 is 1.29 bits per heavy atom. The second-order valence-corrected chi connectivity index (χ2v) is 7.02. The molecule has 7 heteroatoms. The van der Waals surface area contributed by atoms with E-state index in [4.69, 9.17) is 4.74 Å². The highest BCUT2D eigenvalue weighted by molar-refractivity contribution is 7.14. The molecule has 3 heterocycles. The van der Waals surface area contributed by atoms with Gasteiger partial charge in [0.15, 0.2) is 12.3 Å². The van der Waals surface area contributed by atoms with E-state index in [9.17, 15) is 9.59 Å². The molecular formula is C17H17N3O3S. The number of fused-ring (bicyclic) bond motifs is 1. The summed E-state index contributed by atoms with van der Waals surface area (Å²) < 4.78 is 6.89. The molecule has 0 spiro atoms. The second-order valence-electron chi connectivity index (χ2n) is 5.73. The van der Waals surface area contributed by atoms with E-state index in [1.165, 1.54) is 17.5 Å². The van der Waals surface area contributed by atoms with Crippen molar-refractivity contribution < 1.29 is 14.3 Å². The van der Waals surface area contributed by atoms with Crippen LogP contribution >= 0.6 is 11.3 Å². The number of ketones is 1. The van der Waals surface area contributed by atoms with Crippen LogP contribution in [0.25, 0.3) is 11.0 Å². The molecule has 0 fully saturated rings. The Balaban J connectivity index is 1.71. The summed E-state index contributed by atoms with van der Waals surface area (Å²) in [5.74, 6) is -0.772. The number of hydrogen-bond acceptors (Lipinski definition) is 6. The molecule has 3 rings (SSSR count). The third-order valence-corrected chi connectivity index (χ3v) is 4.55. The van der Waals surface area contributed by atoms with Gasteiger partial charge in [-0.3, -0.25) is 4.79 Å². The number of aryl methyl sites for hydroxylation is 1. The van der Waals surface area contributed by atoms with Crippen molar-refractivity contribution in [3.8, 4) is 0 Å². The number of thiophene rings is 1. The lowest BCUT2D eigenvalue weighted by atomic mass is 10.2. The third kappa shape index (κ3) is 3.21. The summed E-state index contributed by atoms with van der Waals surface area (Å²) in [7, 11) is 0. The van der Waals surface area contributed by atoms with Gasteiger partial charge in [0.1, 0.15) is 0 Å². The molecule has 0 aliphatic carbocycles. The number of pyridine rings is 1. The summed E-state index contributed by atoms with van der Waals surface area (Å²) in [6.07, 6.45) is 3.11. The van der Waals surface area contributed by atoms with Gasteiger partial charge in [-0.05, 0) is 39.0 Å². The molecule has 0 amide bonds. The molecule has 0 N–H and O–H groups in total. The molecule has 24 heavy (non-hydrogen) atoms. The minimum Gasteiger partial charge on any atom is -0.454 e. The minimum atomic E-state index is -0.566. The minimum absolute atomic E-state index is 0.180. The van der Waals surface area contributed by atoms with E-state index < -0.39 is 5.97 Å². The molecule has 6 nitrogen and oxygen atoms in total. The molecular weight excluding hydrogens is 326 g/mol. The van der Waals surface area contributed by atoms with Gasteiger partial charge in [0, 0.05) is 22.5 Å². The number of hydrogen-bond donors (Lipinski definition) is 0. The van der Waals surface area contributed by atoms with Crippen LogP contribution in [-0.2, 0) is 4.74 Å². The van der Waals surface area contributed by atoms with Crippen LogP contribution in [0.5, 0.6) is 0 Å². The largest absolute Gasteiger partial charge is 0.454 e. The van der Waals surface area contributed by atoms with E-state index in [1.54, 1.807) is 23.0 Å². The maximum absolute atomic E-state index is 12.1. The lowest BCUT2D eigenvalue weighted by molar-refractivity contribution is 0.0475. The van der Waals surface area contributed by atoms with E-state index in [-0.39, 0.29) is 18.4 Å². The number of rotatable bonds is 5. The fourth-order valence-corrected chi connectivity index (χ4v) is 3.09. The van der Waals surface area contributed by atoms with Gasteiger partial charge >= 0.3 is 5.97 Å². The highest BCUT2D eigenvalue weighted by atomic mass is 32.1. The van der Waals surface area contributed by atoms with Crippen LogP contribution in [0, 0.1) is 6.92 Å². The van der Waals surface area contributed by atoms with Gasteiger partial charge in [-0.1, -0.05) is 0 Å². The zero-order valence-electron chi connectivity index (χ0n) is 13.6. The number of esters is 1. The lowest BCUT2D eigenvalue weighted by Gasteiger charge is -2.06. The summed E-state index contributed by atoms with van der Waals surface area (Å²) in [4.78, 5) is 30.0. The Morgan fingerprint density at radius 3 is 2.75 bits per heavy atom. The molecule has 124 valence electrons. The summed E-state index contributed by atoms with van der Waals surface area (Å²) in [5.41, 5.74) is 1.02. The molecule has 0 saturated carbocycles. The van der Waals surface area contributed by atoms with Gasteiger partial charge in [-0.15, -0.1) is 11.3 Å². The van der Waals surface area contributed by atoms with E-state index in [1.807, 2.05) is 26.8 Å². The van der Waals surface area contributed by atoms with Gasteiger partial charge in [0.05, 0.1) is 16.6 Å². The first kappa shape index (κ1) is 16.3. The van der Waals surface area contributed by atoms with Crippen molar-refractivity contribution in [1.82, 2.24) is 14.8 Å². The Morgan fingerprint density at radius 2 is 2.08 bits per heavy atom. The quantitative estimate of drug-likeness (QED) is 0.524. The Hall–Kier alpha value is -2.54. The molecule has 0 saturated heterocycles. The molecule has 0 aliphatic rings. The van der Waals surface area contributed by atoms with Gasteiger partial charge in [0.25, 0.3) is 0 Å². The van der Waals surface area contributed by atoms with Crippen LogP contribution in [0.4, 0.5) is 0 Å². The summed E-state index contributed by atoms with van der Waals surface area (Å²) in [6, 6.07) is 5.46. The number of nitrogens with zero attached hydrogens (tertiary/aromatic N) is 3. The maximum atomic E-state index is 12.1. The predicted molar refractivity (Wildman–Crippen MR) is 91.6 cm³/mol. The van der Waals surface area contributed by atoms with E-state index in [0.717, 1.165) is 10.3 Å². The summed E-state index contributed by atoms with van der Waals surface area (Å²) >= 11 is 1.39. The van der Waals surface area contributed by atoms with Crippen LogP contribution in [0.1, 0.15) is 44.8 Å². The first-order chi connectivity index (χ1) is 11.5. The predicted octanol–water partition coefficient (Wildman–Crippen LogP) is 3.42. The third-order valence-electron chi connectivity index (χ3n) is 3.51. The fourth-order valence-electron chi connectivity index (χ4n) is 2.30. The number of Topliss-reactive ketones (excluding diaryl/α,β-unsaturated/α-hetero) is 1. The first-order valence-corrected chi connectivity index (χ1v) is 8.37. The smallest absolute Gasteiger partial charge is 0.340 e. The molecule has 3 aromatic rings. The van der Waals surface area contributed by atoms with Gasteiger partial charge in [-0.2, -0.15) is 5.10 Å². The van der Waals surface area contributed by atoms with Crippen LogP contribution in [0.3, 0.4) is 0 Å². The van der Waals surface area contributed by atoms with Gasteiger partial charge in [0.2, 0.25) is 5.78 Å². The Bertz CT molecular complexity index is 911. The molecule has 0 unspecified atom stereocenters. The highest BCUT2D eigenvalue weighted by Crippen LogP contribution is 2.18. The molecule has 0 radical (unpaired) electrons. The van der Waals surface area contributed by atoms with Crippen molar-refractivity contribution >= 4 is 34.1 Å². The van der Waals surface area contributed by atoms with Crippen LogP contribution in [-0.4, -0.2) is 33.1 Å². The second kappa shape index (κ2) is 6.52. The zero-order chi connectivity index (χ0) is 17.3. The molecule has 0 aliphatic heterocycles. The van der Waals surface area contributed by atoms with Crippen LogP contribution in [0.15, 0.2) is 30.6 Å². The molecule has 0 aromatic carbocycles. The zero-order valence-corrected chi connectivity index (χ0v) is 14.5. The summed E-state index contributed by atoms with van der Waals surface area (Å²) in [6.45, 7) is 5.66. The number of ether oxygens (including phenoxy) is 1. The average molecular weight is 343 g/mol. The topological polar surface area (TPSA) is 74.1 Å². The normalized spacial score (nSPS) is 11.2. The standard InChI is InChI=1S/C17H17N3O3S/c1-10(2)20-16-12(8-19-20)6-13(7-18-16)17(22)23-9-14(21)15-5-4-11(3)24-15/h4-8,10H,9H2,1-3H3. The van der Waals surface area contributed by atoms with E-state index >= 15 is 0 Å². The number of carbonyl (C=O) groups is 2. The van der Waals surface area contributed by atoms with Crippen LogP contribution < -0.4 is 0 Å². The number of carbonyl (C=O) groups excluding carboxylic acids is 2. The fraction of sp³-hybridized carbons (Fsp3) is 0.294. The van der Waals surface area contributed by atoms with Gasteiger partial charge in [-0.25, -0.2) is 14.5 Å². The highest BCUT2D eigenvalue weighted by Gasteiger charge is 2.15. The van der Waals surface area contributed by atoms with Gasteiger partial charge < -0.3 is 4.74 Å². The monoisotopic (exact) mass is 343 g/mol. The maximum Gasteiger partial charge on any atom is 0.340 e. The summed E-state index contributed by atoms with van der Waals surface area (Å²) in [5, 5.41) is 5.02. The van der Waals surface area contributed by atoms with Crippen molar-refractivity contribution in [2.75, 3.05) is 6.61 Å². The van der Waals surface area contributed by atoms with Crippen molar-refractivity contribution in [3.05, 3.63) is 45.9 Å². The van der Waals surface area contributed by atoms with E-state index in [0.29, 0.717) is 16.1 Å². The number of aromatic nitrogens is 3. The van der Waals surface area contributed by atoms with Crippen molar-refractivity contribution in [1.29, 1.82) is 0 Å². The Kier molecular flexibility index (Phi) is 4.44. The lowest BCUT2D eigenvalue weighted by Crippen LogP contribution is -2.13. The van der Waals surface area contributed by atoms with Crippen molar-refractivity contribution in [3.63, 3.8) is 0 Å². The average Bonchev–Trinajstić information content (AvgIpc) is 3.17. The van der Waals surface area contributed by atoms with E-state index in [2.05, 4.69) is 10.1 Å². The molecule has 0 atom stereocenters. The Labute approximate surface area is 143 Å².